The molecule has 8 heteroatoms. The molecule has 7 nitrogen and oxygen atoms in total. The molecule has 0 radical (unpaired) electrons. The van der Waals surface area contributed by atoms with Crippen molar-refractivity contribution in [3.8, 4) is 0 Å². The lowest BCUT2D eigenvalue weighted by Gasteiger charge is -2.32. The van der Waals surface area contributed by atoms with E-state index in [1.807, 2.05) is 13.8 Å². The third-order valence-electron chi connectivity index (χ3n) is 7.70. The first-order valence-corrected chi connectivity index (χ1v) is 13.6. The van der Waals surface area contributed by atoms with Gasteiger partial charge < -0.3 is 15.0 Å². The molecule has 178 valence electrons. The molecule has 32 heavy (non-hydrogen) atoms. The van der Waals surface area contributed by atoms with Crippen LogP contribution in [0.2, 0.25) is 0 Å². The number of rotatable bonds is 8. The summed E-state index contributed by atoms with van der Waals surface area (Å²) >= 11 is 0. The second-order valence-electron chi connectivity index (χ2n) is 9.47. The Hall–Kier alpha value is -1.64. The van der Waals surface area contributed by atoms with Crippen LogP contribution >= 0.6 is 0 Å². The van der Waals surface area contributed by atoms with E-state index in [1.165, 1.54) is 30.0 Å². The van der Waals surface area contributed by atoms with Gasteiger partial charge in [0.1, 0.15) is 0 Å². The number of fused-ring (bicyclic) bond motifs is 2. The molecule has 0 spiro atoms. The molecule has 1 aliphatic heterocycles. The average Bonchev–Trinajstić information content (AvgIpc) is 3.44. The predicted octanol–water partition coefficient (Wildman–Crippen LogP) is 3.11. The maximum absolute atomic E-state index is 13.5. The molecule has 1 heterocycles. The smallest absolute Gasteiger partial charge is 0.253 e. The third kappa shape index (κ3) is 4.54. The summed E-state index contributed by atoms with van der Waals surface area (Å²) in [5.74, 6) is 1.87. The second kappa shape index (κ2) is 9.69. The lowest BCUT2D eigenvalue weighted by molar-refractivity contribution is 0.0914. The zero-order valence-electron chi connectivity index (χ0n) is 19.5. The molecule has 2 bridgehead atoms. The van der Waals surface area contributed by atoms with Crippen LogP contribution in [0.5, 0.6) is 0 Å². The first-order chi connectivity index (χ1) is 15.3. The molecule has 1 aromatic carbocycles. The number of hydrogen-bond acceptors (Lipinski definition) is 5. The number of amides is 1. The van der Waals surface area contributed by atoms with Crippen molar-refractivity contribution in [1.29, 1.82) is 0 Å². The second-order valence-corrected chi connectivity index (χ2v) is 11.4. The Morgan fingerprint density at radius 3 is 2.50 bits per heavy atom. The lowest BCUT2D eigenvalue weighted by Crippen LogP contribution is -2.42. The first-order valence-electron chi connectivity index (χ1n) is 12.1. The van der Waals surface area contributed by atoms with Gasteiger partial charge in [-0.25, -0.2) is 8.42 Å². The average molecular weight is 464 g/mol. The van der Waals surface area contributed by atoms with Crippen LogP contribution in [-0.4, -0.2) is 64.1 Å². The number of ether oxygens (including phenoxy) is 1. The van der Waals surface area contributed by atoms with Gasteiger partial charge in [-0.3, -0.25) is 4.79 Å². The van der Waals surface area contributed by atoms with Crippen molar-refractivity contribution < 1.29 is 17.9 Å². The highest BCUT2D eigenvalue weighted by atomic mass is 32.2. The van der Waals surface area contributed by atoms with Crippen LogP contribution in [-0.2, 0) is 14.8 Å². The molecule has 2 saturated carbocycles. The fourth-order valence-corrected chi connectivity index (χ4v) is 7.43. The summed E-state index contributed by atoms with van der Waals surface area (Å²) < 4.78 is 33.2. The van der Waals surface area contributed by atoms with Crippen LogP contribution in [0.15, 0.2) is 23.1 Å². The van der Waals surface area contributed by atoms with E-state index in [9.17, 15) is 13.2 Å². The number of anilines is 1. The Kier molecular flexibility index (Phi) is 7.12. The van der Waals surface area contributed by atoms with Crippen molar-refractivity contribution in [3.05, 3.63) is 23.8 Å². The molecule has 4 atom stereocenters. The Morgan fingerprint density at radius 1 is 1.19 bits per heavy atom. The van der Waals surface area contributed by atoms with Gasteiger partial charge in [-0.05, 0) is 62.1 Å². The molecule has 2 aliphatic carbocycles. The van der Waals surface area contributed by atoms with Crippen LogP contribution in [0.1, 0.15) is 56.8 Å². The summed E-state index contributed by atoms with van der Waals surface area (Å²) in [6.07, 6.45) is 5.08. The summed E-state index contributed by atoms with van der Waals surface area (Å²) in [6, 6.07) is 5.08. The van der Waals surface area contributed by atoms with Crippen LogP contribution in [0.3, 0.4) is 0 Å². The number of morpholine rings is 1. The van der Waals surface area contributed by atoms with Gasteiger partial charge in [-0.2, -0.15) is 4.31 Å². The highest BCUT2D eigenvalue weighted by molar-refractivity contribution is 7.89. The number of carbonyl (C=O) groups excluding carboxylic acids is 1. The fraction of sp³-hybridized carbons (Fsp3) is 0.708. The molecular formula is C24H37N3O4S. The topological polar surface area (TPSA) is 79.0 Å². The van der Waals surface area contributed by atoms with Gasteiger partial charge in [-0.1, -0.05) is 20.3 Å². The minimum atomic E-state index is -3.65. The molecule has 4 unspecified atom stereocenters. The van der Waals surface area contributed by atoms with Crippen LogP contribution in [0, 0.1) is 17.8 Å². The molecule has 1 N–H and O–H groups in total. The fourth-order valence-electron chi connectivity index (χ4n) is 5.95. The zero-order chi connectivity index (χ0) is 22.9. The molecule has 1 amide bonds. The van der Waals surface area contributed by atoms with Gasteiger partial charge in [0.2, 0.25) is 10.0 Å². The summed E-state index contributed by atoms with van der Waals surface area (Å²) in [4.78, 5) is 15.8. The molecule has 1 saturated heterocycles. The highest BCUT2D eigenvalue weighted by Crippen LogP contribution is 2.49. The Balaban J connectivity index is 1.63. The number of sulfonamides is 1. The quantitative estimate of drug-likeness (QED) is 0.641. The maximum atomic E-state index is 13.5. The molecular weight excluding hydrogens is 426 g/mol. The van der Waals surface area contributed by atoms with Crippen molar-refractivity contribution in [1.82, 2.24) is 9.62 Å². The standard InChI is InChI=1S/C24H37N3O4S/c1-4-27(5-2)32(29,30)20-8-9-23(26-10-12-31-13-11-26)22(16-20)24(28)25-17(3)21-15-18-6-7-19(21)14-18/h8-9,16-19,21H,4-7,10-15H2,1-3H3,(H,25,28). The largest absolute Gasteiger partial charge is 0.378 e. The van der Waals surface area contributed by atoms with Gasteiger partial charge in [0, 0.05) is 37.9 Å². The van der Waals surface area contributed by atoms with Gasteiger partial charge >= 0.3 is 0 Å². The van der Waals surface area contributed by atoms with Crippen molar-refractivity contribution in [3.63, 3.8) is 0 Å². The molecule has 3 aliphatic rings. The monoisotopic (exact) mass is 463 g/mol. The predicted molar refractivity (Wildman–Crippen MR) is 125 cm³/mol. The zero-order valence-corrected chi connectivity index (χ0v) is 20.4. The van der Waals surface area contributed by atoms with E-state index in [0.717, 1.165) is 11.6 Å². The van der Waals surface area contributed by atoms with E-state index >= 15 is 0 Å². The molecule has 1 aromatic rings. The SMILES string of the molecule is CCN(CC)S(=O)(=O)c1ccc(N2CCOCC2)c(C(=O)NC(C)C2CC3CCC2C3)c1. The number of nitrogens with one attached hydrogen (secondary N) is 1. The number of carbonyl (C=O) groups is 1. The number of hydrogen-bond donors (Lipinski definition) is 1. The summed E-state index contributed by atoms with van der Waals surface area (Å²) in [5.41, 5.74) is 1.22. The van der Waals surface area contributed by atoms with Crippen molar-refractivity contribution in [2.24, 2.45) is 17.8 Å². The van der Waals surface area contributed by atoms with Crippen molar-refractivity contribution in [2.45, 2.75) is 57.4 Å². The molecule has 3 fully saturated rings. The normalized spacial score (nSPS) is 26.5. The van der Waals surface area contributed by atoms with Gasteiger partial charge in [0.25, 0.3) is 5.91 Å². The van der Waals surface area contributed by atoms with Crippen LogP contribution in [0.25, 0.3) is 0 Å². The van der Waals surface area contributed by atoms with E-state index in [2.05, 4.69) is 17.1 Å². The summed E-state index contributed by atoms with van der Waals surface area (Å²) in [7, 11) is -3.65. The van der Waals surface area contributed by atoms with Crippen molar-refractivity contribution in [2.75, 3.05) is 44.3 Å². The van der Waals surface area contributed by atoms with Gasteiger partial charge in [0.05, 0.1) is 23.7 Å². The summed E-state index contributed by atoms with van der Waals surface area (Å²) in [6.45, 7) is 9.12. The number of benzene rings is 1. The minimum absolute atomic E-state index is 0.0818. The van der Waals surface area contributed by atoms with E-state index < -0.39 is 10.0 Å². The van der Waals surface area contributed by atoms with Gasteiger partial charge in [0.15, 0.2) is 0 Å². The van der Waals surface area contributed by atoms with Crippen LogP contribution in [0.4, 0.5) is 5.69 Å². The molecule has 0 aromatic heterocycles. The van der Waals surface area contributed by atoms with E-state index in [-0.39, 0.29) is 16.8 Å². The van der Waals surface area contributed by atoms with E-state index in [0.29, 0.717) is 56.8 Å². The van der Waals surface area contributed by atoms with E-state index in [1.54, 1.807) is 18.2 Å². The lowest BCUT2D eigenvalue weighted by atomic mass is 9.84. The van der Waals surface area contributed by atoms with E-state index in [4.69, 9.17) is 4.74 Å². The highest BCUT2D eigenvalue weighted by Gasteiger charge is 2.42. The van der Waals surface area contributed by atoms with Gasteiger partial charge in [-0.15, -0.1) is 0 Å². The van der Waals surface area contributed by atoms with Crippen LogP contribution < -0.4 is 10.2 Å². The Morgan fingerprint density at radius 2 is 1.91 bits per heavy atom. The molecule has 4 rings (SSSR count). The minimum Gasteiger partial charge on any atom is -0.378 e. The first kappa shape index (κ1) is 23.5. The number of nitrogens with zero attached hydrogens (tertiary/aromatic N) is 2. The third-order valence-corrected chi connectivity index (χ3v) is 9.75. The maximum Gasteiger partial charge on any atom is 0.253 e. The Labute approximate surface area is 192 Å². The Bertz CT molecular complexity index is 925. The van der Waals surface area contributed by atoms with Crippen molar-refractivity contribution >= 4 is 21.6 Å². The summed E-state index contributed by atoms with van der Waals surface area (Å²) in [5, 5.41) is 3.23.